The first-order valence-corrected chi connectivity index (χ1v) is 8.00. The molecular formula is C17H24S. The summed E-state index contributed by atoms with van der Waals surface area (Å²) in [5.41, 5.74) is 0.467. The molecule has 0 fully saturated rings. The second-order valence-electron chi connectivity index (χ2n) is 5.56. The van der Waals surface area contributed by atoms with Crippen LogP contribution in [0.1, 0.15) is 52.4 Å². The number of hydrogen-bond donors (Lipinski definition) is 0. The molecule has 1 heteroatoms. The fourth-order valence-corrected chi connectivity index (χ4v) is 3.63. The molecule has 0 aromatic heterocycles. The molecule has 1 atom stereocenters. The van der Waals surface area contributed by atoms with Gasteiger partial charge in [-0.15, -0.1) is 0 Å². The van der Waals surface area contributed by atoms with Gasteiger partial charge in [0.15, 0.2) is 0 Å². The Bertz CT molecular complexity index is 393. The van der Waals surface area contributed by atoms with Crippen LogP contribution in [0.15, 0.2) is 46.2 Å². The van der Waals surface area contributed by atoms with Gasteiger partial charge in [-0.2, -0.15) is 0 Å². The molecule has 1 aromatic rings. The zero-order chi connectivity index (χ0) is 12.8. The maximum absolute atomic E-state index is 2.43. The fraction of sp³-hybridized carbons (Fsp3) is 0.529. The lowest BCUT2D eigenvalue weighted by molar-refractivity contribution is 0.334. The highest BCUT2D eigenvalue weighted by Gasteiger charge is 2.34. The average molecular weight is 260 g/mol. The van der Waals surface area contributed by atoms with Crippen LogP contribution in [0.25, 0.3) is 0 Å². The molecule has 0 nitrogen and oxygen atoms in total. The van der Waals surface area contributed by atoms with E-state index in [0.29, 0.717) is 5.41 Å². The van der Waals surface area contributed by atoms with Gasteiger partial charge >= 0.3 is 0 Å². The van der Waals surface area contributed by atoms with Crippen LogP contribution >= 0.6 is 11.8 Å². The van der Waals surface area contributed by atoms with Gasteiger partial charge < -0.3 is 0 Å². The van der Waals surface area contributed by atoms with Crippen molar-refractivity contribution in [1.82, 2.24) is 0 Å². The van der Waals surface area contributed by atoms with Crippen molar-refractivity contribution in [2.24, 2.45) is 5.41 Å². The summed E-state index contributed by atoms with van der Waals surface area (Å²) >= 11 is 1.96. The van der Waals surface area contributed by atoms with Gasteiger partial charge in [0.05, 0.1) is 0 Å². The van der Waals surface area contributed by atoms with E-state index in [0.717, 1.165) is 0 Å². The molecule has 0 amide bonds. The third-order valence-corrected chi connectivity index (χ3v) is 5.27. The first-order valence-electron chi connectivity index (χ1n) is 7.18. The minimum Gasteiger partial charge on any atom is -0.0943 e. The van der Waals surface area contributed by atoms with Crippen LogP contribution in [0.3, 0.4) is 0 Å². The van der Waals surface area contributed by atoms with E-state index in [9.17, 15) is 0 Å². The minimum atomic E-state index is 0.467. The van der Waals surface area contributed by atoms with Gasteiger partial charge in [-0.1, -0.05) is 75.6 Å². The quantitative estimate of drug-likeness (QED) is 0.538. The second kappa shape index (κ2) is 6.47. The van der Waals surface area contributed by atoms with Gasteiger partial charge in [-0.3, -0.25) is 0 Å². The van der Waals surface area contributed by atoms with Gasteiger partial charge in [0.2, 0.25) is 0 Å². The number of hydrogen-bond acceptors (Lipinski definition) is 1. The van der Waals surface area contributed by atoms with Crippen LogP contribution in [0.2, 0.25) is 0 Å². The molecule has 0 radical (unpaired) electrons. The number of thioether (sulfide) groups is 1. The smallest absolute Gasteiger partial charge is 0.0119 e. The Labute approximate surface area is 116 Å². The van der Waals surface area contributed by atoms with Crippen molar-refractivity contribution in [3.63, 3.8) is 0 Å². The average Bonchev–Trinajstić information content (AvgIpc) is 2.41. The van der Waals surface area contributed by atoms with Crippen LogP contribution in [0.5, 0.6) is 0 Å². The Kier molecular flexibility index (Phi) is 4.94. The summed E-state index contributed by atoms with van der Waals surface area (Å²) < 4.78 is 0. The van der Waals surface area contributed by atoms with E-state index < -0.39 is 0 Å². The highest BCUT2D eigenvalue weighted by atomic mass is 32.2. The third kappa shape index (κ3) is 3.41. The lowest BCUT2D eigenvalue weighted by atomic mass is 9.74. The van der Waals surface area contributed by atoms with E-state index in [-0.39, 0.29) is 0 Å². The van der Waals surface area contributed by atoms with Crippen molar-refractivity contribution in [3.05, 3.63) is 41.3 Å². The van der Waals surface area contributed by atoms with Crippen molar-refractivity contribution >= 4 is 11.8 Å². The Morgan fingerprint density at radius 1 is 1.11 bits per heavy atom. The predicted molar refractivity (Wildman–Crippen MR) is 81.9 cm³/mol. The maximum atomic E-state index is 2.43. The van der Waals surface area contributed by atoms with Crippen molar-refractivity contribution in [3.8, 4) is 0 Å². The number of benzene rings is 1. The summed E-state index contributed by atoms with van der Waals surface area (Å²) in [5.74, 6) is 0. The van der Waals surface area contributed by atoms with Crippen molar-refractivity contribution in [2.75, 3.05) is 0 Å². The molecule has 0 bridgehead atoms. The Hall–Kier alpha value is -0.690. The molecule has 1 aliphatic carbocycles. The molecule has 98 valence electrons. The summed E-state index contributed by atoms with van der Waals surface area (Å²) in [5, 5.41) is 0. The second-order valence-corrected chi connectivity index (χ2v) is 6.67. The standard InChI is InChI=1S/C17H24S/c1-3-4-5-9-13-17(2)14-12-16(17)18-15-10-7-6-8-11-15/h6-8,10-12H,3-5,9,13-14H2,1-2H3. The van der Waals surface area contributed by atoms with Gasteiger partial charge in [0, 0.05) is 10.3 Å². The Morgan fingerprint density at radius 3 is 2.50 bits per heavy atom. The van der Waals surface area contributed by atoms with E-state index >= 15 is 0 Å². The highest BCUT2D eigenvalue weighted by Crippen LogP contribution is 2.52. The van der Waals surface area contributed by atoms with E-state index in [4.69, 9.17) is 0 Å². The minimum absolute atomic E-state index is 0.467. The number of unbranched alkanes of at least 4 members (excludes halogenated alkanes) is 3. The Morgan fingerprint density at radius 2 is 1.89 bits per heavy atom. The van der Waals surface area contributed by atoms with E-state index in [1.165, 1.54) is 43.4 Å². The predicted octanol–water partition coefficient (Wildman–Crippen LogP) is 6.04. The van der Waals surface area contributed by atoms with Gasteiger partial charge in [0.1, 0.15) is 0 Å². The molecule has 0 heterocycles. The first-order chi connectivity index (χ1) is 8.74. The van der Waals surface area contributed by atoms with Crippen molar-refractivity contribution in [2.45, 2.75) is 57.3 Å². The summed E-state index contributed by atoms with van der Waals surface area (Å²) in [7, 11) is 0. The molecule has 0 N–H and O–H groups in total. The van der Waals surface area contributed by atoms with E-state index in [1.54, 1.807) is 4.91 Å². The van der Waals surface area contributed by atoms with E-state index in [1.807, 2.05) is 11.8 Å². The van der Waals surface area contributed by atoms with E-state index in [2.05, 4.69) is 50.3 Å². The lowest BCUT2D eigenvalue weighted by Crippen LogP contribution is -2.24. The first kappa shape index (κ1) is 13.7. The molecule has 0 saturated heterocycles. The highest BCUT2D eigenvalue weighted by molar-refractivity contribution is 8.03. The lowest BCUT2D eigenvalue weighted by Gasteiger charge is -2.38. The molecule has 1 aromatic carbocycles. The number of allylic oxidation sites excluding steroid dienone is 2. The molecule has 0 spiro atoms. The normalized spacial score (nSPS) is 22.4. The molecule has 0 saturated carbocycles. The van der Waals surface area contributed by atoms with Crippen molar-refractivity contribution in [1.29, 1.82) is 0 Å². The molecule has 2 rings (SSSR count). The SMILES string of the molecule is CCCCCCC1(C)CC=C1Sc1ccccc1. The topological polar surface area (TPSA) is 0 Å². The van der Waals surface area contributed by atoms with Gasteiger partial charge in [-0.05, 0) is 29.9 Å². The fourth-order valence-electron chi connectivity index (χ4n) is 2.48. The van der Waals surface area contributed by atoms with Crippen LogP contribution < -0.4 is 0 Å². The third-order valence-electron chi connectivity index (χ3n) is 3.89. The molecule has 1 aliphatic rings. The summed E-state index contributed by atoms with van der Waals surface area (Å²) in [6, 6.07) is 10.8. The Balaban J connectivity index is 1.83. The number of rotatable bonds is 7. The van der Waals surface area contributed by atoms with Gasteiger partial charge in [-0.25, -0.2) is 0 Å². The van der Waals surface area contributed by atoms with Crippen LogP contribution in [-0.2, 0) is 0 Å². The molecule has 0 aliphatic heterocycles. The summed E-state index contributed by atoms with van der Waals surface area (Å²) in [6.07, 6.45) is 10.6. The van der Waals surface area contributed by atoms with Crippen LogP contribution in [0, 0.1) is 5.41 Å². The largest absolute Gasteiger partial charge is 0.0943 e. The molecular weight excluding hydrogens is 236 g/mol. The zero-order valence-corrected chi connectivity index (χ0v) is 12.4. The van der Waals surface area contributed by atoms with Crippen LogP contribution in [-0.4, -0.2) is 0 Å². The monoisotopic (exact) mass is 260 g/mol. The summed E-state index contributed by atoms with van der Waals surface area (Å²) in [4.78, 5) is 2.97. The molecule has 18 heavy (non-hydrogen) atoms. The maximum Gasteiger partial charge on any atom is 0.0119 e. The van der Waals surface area contributed by atoms with Gasteiger partial charge in [0.25, 0.3) is 0 Å². The summed E-state index contributed by atoms with van der Waals surface area (Å²) in [6.45, 7) is 4.71. The zero-order valence-electron chi connectivity index (χ0n) is 11.6. The molecule has 1 unspecified atom stereocenters. The van der Waals surface area contributed by atoms with Crippen molar-refractivity contribution < 1.29 is 0 Å². The van der Waals surface area contributed by atoms with Crippen LogP contribution in [0.4, 0.5) is 0 Å².